The van der Waals surface area contributed by atoms with Gasteiger partial charge in [0, 0.05) is 29.8 Å². The molecule has 1 aromatic heterocycles. The van der Waals surface area contributed by atoms with E-state index >= 15 is 0 Å². The van der Waals surface area contributed by atoms with Crippen LogP contribution in [0.4, 0.5) is 0 Å². The molecular formula is C14H19BrN2O. The number of hydrogen-bond acceptors (Lipinski definition) is 2. The number of alkyl halides is 1. The molecule has 1 heterocycles. The van der Waals surface area contributed by atoms with Gasteiger partial charge in [0.15, 0.2) is 0 Å². The molecule has 3 nitrogen and oxygen atoms in total. The first-order valence-corrected chi connectivity index (χ1v) is 7.64. The summed E-state index contributed by atoms with van der Waals surface area (Å²) in [5.41, 5.74) is 1.57. The summed E-state index contributed by atoms with van der Waals surface area (Å²) in [5.74, 6) is 0.145. The van der Waals surface area contributed by atoms with Crippen molar-refractivity contribution in [3.8, 4) is 0 Å². The van der Waals surface area contributed by atoms with Gasteiger partial charge in [0.1, 0.15) is 0 Å². The molecule has 0 saturated heterocycles. The number of hydrogen-bond donors (Lipinski definition) is 0. The van der Waals surface area contributed by atoms with Gasteiger partial charge in [0.2, 0.25) is 0 Å². The summed E-state index contributed by atoms with van der Waals surface area (Å²) in [7, 11) is 0. The molecule has 4 heteroatoms. The van der Waals surface area contributed by atoms with Gasteiger partial charge in [-0.2, -0.15) is 0 Å². The van der Waals surface area contributed by atoms with Crippen LogP contribution in [0.1, 0.15) is 41.7 Å². The minimum Gasteiger partial charge on any atom is -0.336 e. The molecule has 1 aliphatic carbocycles. The maximum atomic E-state index is 12.6. The average molecular weight is 311 g/mol. The van der Waals surface area contributed by atoms with Crippen molar-refractivity contribution in [3.05, 3.63) is 29.6 Å². The minimum absolute atomic E-state index is 0.145. The van der Waals surface area contributed by atoms with E-state index in [9.17, 15) is 4.79 Å². The summed E-state index contributed by atoms with van der Waals surface area (Å²) in [6.45, 7) is 2.74. The van der Waals surface area contributed by atoms with Gasteiger partial charge in [0.25, 0.3) is 5.91 Å². The van der Waals surface area contributed by atoms with E-state index in [1.165, 1.54) is 6.42 Å². The van der Waals surface area contributed by atoms with Crippen LogP contribution in [-0.2, 0) is 0 Å². The molecule has 0 aliphatic heterocycles. The van der Waals surface area contributed by atoms with Crippen molar-refractivity contribution in [2.75, 3.05) is 11.9 Å². The van der Waals surface area contributed by atoms with Crippen molar-refractivity contribution >= 4 is 21.8 Å². The molecule has 0 bridgehead atoms. The Labute approximate surface area is 117 Å². The van der Waals surface area contributed by atoms with Crippen LogP contribution in [0.25, 0.3) is 0 Å². The van der Waals surface area contributed by atoms with Gasteiger partial charge in [0.05, 0.1) is 5.56 Å². The lowest BCUT2D eigenvalue weighted by molar-refractivity contribution is 0.0580. The van der Waals surface area contributed by atoms with E-state index < -0.39 is 0 Å². The highest BCUT2D eigenvalue weighted by atomic mass is 79.9. The van der Waals surface area contributed by atoms with Crippen LogP contribution in [0.15, 0.2) is 18.3 Å². The van der Waals surface area contributed by atoms with E-state index in [0.717, 1.165) is 42.4 Å². The number of pyridine rings is 1. The van der Waals surface area contributed by atoms with Crippen LogP contribution in [-0.4, -0.2) is 33.7 Å². The molecular weight excluding hydrogens is 292 g/mol. The summed E-state index contributed by atoms with van der Waals surface area (Å²) in [6, 6.07) is 4.16. The highest BCUT2D eigenvalue weighted by Gasteiger charge is 2.29. The fraction of sp³-hybridized carbons (Fsp3) is 0.571. The van der Waals surface area contributed by atoms with Gasteiger partial charge in [-0.15, -0.1) is 0 Å². The monoisotopic (exact) mass is 310 g/mol. The second-order valence-corrected chi connectivity index (χ2v) is 5.56. The molecule has 0 unspecified atom stereocenters. The first kappa shape index (κ1) is 13.5. The summed E-state index contributed by atoms with van der Waals surface area (Å²) < 4.78 is 0. The van der Waals surface area contributed by atoms with Crippen LogP contribution >= 0.6 is 15.9 Å². The van der Waals surface area contributed by atoms with Gasteiger partial charge in [-0.05, 0) is 44.7 Å². The lowest BCUT2D eigenvalue weighted by Crippen LogP contribution is -2.45. The Balaban J connectivity index is 2.14. The number of rotatable bonds is 5. The Kier molecular flexibility index (Phi) is 4.75. The van der Waals surface area contributed by atoms with E-state index in [0.29, 0.717) is 6.04 Å². The summed E-state index contributed by atoms with van der Waals surface area (Å²) >= 11 is 3.44. The summed E-state index contributed by atoms with van der Waals surface area (Å²) in [6.07, 6.45) is 6.27. The maximum Gasteiger partial charge on any atom is 0.255 e. The van der Waals surface area contributed by atoms with Crippen LogP contribution < -0.4 is 0 Å². The zero-order chi connectivity index (χ0) is 13.0. The maximum absolute atomic E-state index is 12.6. The lowest BCUT2D eigenvalue weighted by Gasteiger charge is -2.37. The Hall–Kier alpha value is -0.900. The van der Waals surface area contributed by atoms with E-state index in [4.69, 9.17) is 0 Å². The first-order chi connectivity index (χ1) is 8.74. The predicted molar refractivity (Wildman–Crippen MR) is 76.1 cm³/mol. The number of amides is 1. The van der Waals surface area contributed by atoms with Crippen molar-refractivity contribution in [3.63, 3.8) is 0 Å². The van der Waals surface area contributed by atoms with Crippen molar-refractivity contribution in [1.82, 2.24) is 9.88 Å². The zero-order valence-electron chi connectivity index (χ0n) is 10.7. The zero-order valence-corrected chi connectivity index (χ0v) is 12.3. The Morgan fingerprint density at radius 3 is 2.89 bits per heavy atom. The van der Waals surface area contributed by atoms with E-state index in [-0.39, 0.29) is 5.91 Å². The lowest BCUT2D eigenvalue weighted by atomic mass is 9.90. The number of carbonyl (C=O) groups excluding carboxylic acids is 1. The largest absolute Gasteiger partial charge is 0.336 e. The smallest absolute Gasteiger partial charge is 0.255 e. The third-order valence-corrected chi connectivity index (χ3v) is 4.11. The topological polar surface area (TPSA) is 33.2 Å². The quantitative estimate of drug-likeness (QED) is 0.783. The highest BCUT2D eigenvalue weighted by Crippen LogP contribution is 2.26. The Morgan fingerprint density at radius 1 is 1.56 bits per heavy atom. The fourth-order valence-electron chi connectivity index (χ4n) is 2.24. The van der Waals surface area contributed by atoms with Crippen molar-refractivity contribution in [1.29, 1.82) is 0 Å². The normalized spacial score (nSPS) is 15.2. The number of aromatic nitrogens is 1. The number of carbonyl (C=O) groups is 1. The average Bonchev–Trinajstić information content (AvgIpc) is 2.32. The molecule has 0 N–H and O–H groups in total. The van der Waals surface area contributed by atoms with E-state index in [2.05, 4.69) is 20.9 Å². The Morgan fingerprint density at radius 2 is 2.33 bits per heavy atom. The van der Waals surface area contributed by atoms with Crippen molar-refractivity contribution in [2.45, 2.75) is 38.6 Å². The van der Waals surface area contributed by atoms with Crippen molar-refractivity contribution < 1.29 is 4.79 Å². The minimum atomic E-state index is 0.145. The molecule has 2 rings (SSSR count). The standard InChI is InChI=1S/C14H19BrN2O/c1-11-13(7-3-9-16-11)14(18)17(10-4-8-15)12-5-2-6-12/h3,7,9,12H,2,4-6,8,10H2,1H3. The molecule has 1 amide bonds. The first-order valence-electron chi connectivity index (χ1n) is 6.52. The molecule has 0 radical (unpaired) electrons. The molecule has 1 aromatic rings. The van der Waals surface area contributed by atoms with Gasteiger partial charge < -0.3 is 4.90 Å². The second-order valence-electron chi connectivity index (χ2n) is 4.76. The van der Waals surface area contributed by atoms with Gasteiger partial charge in [-0.3, -0.25) is 9.78 Å². The highest BCUT2D eigenvalue weighted by molar-refractivity contribution is 9.09. The van der Waals surface area contributed by atoms with Gasteiger partial charge in [-0.25, -0.2) is 0 Å². The predicted octanol–water partition coefficient (Wildman–Crippen LogP) is 3.17. The van der Waals surface area contributed by atoms with Crippen LogP contribution in [0, 0.1) is 6.92 Å². The van der Waals surface area contributed by atoms with Crippen LogP contribution in [0.3, 0.4) is 0 Å². The molecule has 98 valence electrons. The third-order valence-electron chi connectivity index (χ3n) is 3.55. The van der Waals surface area contributed by atoms with Gasteiger partial charge >= 0.3 is 0 Å². The molecule has 18 heavy (non-hydrogen) atoms. The van der Waals surface area contributed by atoms with Crippen LogP contribution in [0.5, 0.6) is 0 Å². The van der Waals surface area contributed by atoms with Crippen LogP contribution in [0.2, 0.25) is 0 Å². The number of nitrogens with zero attached hydrogens (tertiary/aromatic N) is 2. The third kappa shape index (κ3) is 2.91. The summed E-state index contributed by atoms with van der Waals surface area (Å²) in [4.78, 5) is 18.8. The molecule has 1 aliphatic rings. The molecule has 0 spiro atoms. The van der Waals surface area contributed by atoms with E-state index in [1.54, 1.807) is 6.20 Å². The van der Waals surface area contributed by atoms with Crippen molar-refractivity contribution in [2.24, 2.45) is 0 Å². The van der Waals surface area contributed by atoms with Gasteiger partial charge in [-0.1, -0.05) is 15.9 Å². The molecule has 1 fully saturated rings. The second kappa shape index (κ2) is 6.32. The SMILES string of the molecule is Cc1ncccc1C(=O)N(CCCBr)C1CCC1. The number of aryl methyl sites for hydroxylation is 1. The molecule has 0 aromatic carbocycles. The molecule has 0 atom stereocenters. The Bertz CT molecular complexity index is 418. The fourth-order valence-corrected chi connectivity index (χ4v) is 2.49. The number of halogens is 1. The molecule has 1 saturated carbocycles. The summed E-state index contributed by atoms with van der Waals surface area (Å²) in [5, 5.41) is 0.940. The van der Waals surface area contributed by atoms with E-state index in [1.807, 2.05) is 24.0 Å².